The summed E-state index contributed by atoms with van der Waals surface area (Å²) < 4.78 is 10.2. The van der Waals surface area contributed by atoms with Crippen molar-refractivity contribution in [3.63, 3.8) is 0 Å². The Labute approximate surface area is 163 Å². The van der Waals surface area contributed by atoms with Crippen LogP contribution in [0.3, 0.4) is 0 Å². The Balaban J connectivity index is 2.07. The number of nitriles is 1. The Morgan fingerprint density at radius 3 is 2.39 bits per heavy atom. The van der Waals surface area contributed by atoms with E-state index in [1.165, 1.54) is 18.2 Å². The summed E-state index contributed by atoms with van der Waals surface area (Å²) in [5.41, 5.74) is 1.43. The van der Waals surface area contributed by atoms with Crippen molar-refractivity contribution >= 4 is 23.6 Å². The predicted octanol–water partition coefficient (Wildman–Crippen LogP) is 3.42. The second-order valence-corrected chi connectivity index (χ2v) is 5.48. The van der Waals surface area contributed by atoms with E-state index in [0.29, 0.717) is 22.6 Å². The van der Waals surface area contributed by atoms with E-state index in [4.69, 9.17) is 15.9 Å². The first kappa shape index (κ1) is 20.3. The number of terminal acetylenes is 1. The van der Waals surface area contributed by atoms with Gasteiger partial charge in [0.25, 0.3) is 5.91 Å². The number of anilines is 1. The van der Waals surface area contributed by atoms with Crippen LogP contribution in [0, 0.1) is 23.7 Å². The molecule has 1 amide bonds. The van der Waals surface area contributed by atoms with Gasteiger partial charge >= 0.3 is 5.97 Å². The van der Waals surface area contributed by atoms with Crippen LogP contribution in [0.2, 0.25) is 0 Å². The lowest BCUT2D eigenvalue weighted by atomic mass is 10.1. The molecular formula is C22H18N2O4. The summed E-state index contributed by atoms with van der Waals surface area (Å²) in [7, 11) is 0. The number of hydrogen-bond acceptors (Lipinski definition) is 5. The number of carbonyl (C=O) groups is 2. The summed E-state index contributed by atoms with van der Waals surface area (Å²) in [5, 5.41) is 11.9. The molecular weight excluding hydrogens is 356 g/mol. The van der Waals surface area contributed by atoms with Gasteiger partial charge in [-0.2, -0.15) is 5.26 Å². The summed E-state index contributed by atoms with van der Waals surface area (Å²) in [6.45, 7) is 2.17. The fourth-order valence-electron chi connectivity index (χ4n) is 2.20. The van der Waals surface area contributed by atoms with E-state index in [1.807, 2.05) is 6.07 Å². The van der Waals surface area contributed by atoms with Crippen molar-refractivity contribution in [3.8, 4) is 24.2 Å². The van der Waals surface area contributed by atoms with E-state index >= 15 is 0 Å². The van der Waals surface area contributed by atoms with Crippen molar-refractivity contribution in [2.75, 3.05) is 18.5 Å². The van der Waals surface area contributed by atoms with Gasteiger partial charge in [-0.3, -0.25) is 4.79 Å². The monoisotopic (exact) mass is 374 g/mol. The maximum absolute atomic E-state index is 12.3. The lowest BCUT2D eigenvalue weighted by Gasteiger charge is -2.06. The second-order valence-electron chi connectivity index (χ2n) is 5.48. The molecule has 0 unspecified atom stereocenters. The van der Waals surface area contributed by atoms with E-state index in [0.717, 1.165) is 0 Å². The van der Waals surface area contributed by atoms with Crippen molar-refractivity contribution in [1.82, 2.24) is 0 Å². The van der Waals surface area contributed by atoms with Crippen LogP contribution >= 0.6 is 0 Å². The van der Waals surface area contributed by atoms with Crippen molar-refractivity contribution in [2.24, 2.45) is 0 Å². The molecule has 6 heteroatoms. The SMILES string of the molecule is C#CCOc1ccc(C=C(C#N)C(=O)Nc2ccc(C(=O)OCC)cc2)cc1. The quantitative estimate of drug-likeness (QED) is 0.347. The van der Waals surface area contributed by atoms with Gasteiger partial charge in [0.05, 0.1) is 12.2 Å². The molecule has 2 aromatic rings. The molecule has 28 heavy (non-hydrogen) atoms. The van der Waals surface area contributed by atoms with Crippen molar-refractivity contribution in [3.05, 3.63) is 65.2 Å². The van der Waals surface area contributed by atoms with E-state index in [1.54, 1.807) is 43.3 Å². The summed E-state index contributed by atoms with van der Waals surface area (Å²) in [5.74, 6) is 1.97. The molecule has 0 aliphatic heterocycles. The normalized spacial score (nSPS) is 10.3. The lowest BCUT2D eigenvalue weighted by molar-refractivity contribution is -0.112. The fourth-order valence-corrected chi connectivity index (χ4v) is 2.20. The standard InChI is InChI=1S/C22H18N2O4/c1-3-13-28-20-11-5-16(6-12-20)14-18(15-23)21(25)24-19-9-7-17(8-10-19)22(26)27-4-2/h1,5-12,14H,4,13H2,2H3,(H,24,25). The number of hydrogen-bond donors (Lipinski definition) is 1. The van der Waals surface area contributed by atoms with Crippen LogP contribution in [-0.4, -0.2) is 25.1 Å². The number of benzene rings is 2. The zero-order valence-electron chi connectivity index (χ0n) is 15.3. The van der Waals surface area contributed by atoms with E-state index in [-0.39, 0.29) is 18.8 Å². The fraction of sp³-hybridized carbons (Fsp3) is 0.136. The molecule has 0 aromatic heterocycles. The van der Waals surface area contributed by atoms with Crippen LogP contribution in [-0.2, 0) is 9.53 Å². The van der Waals surface area contributed by atoms with Crippen LogP contribution in [0.4, 0.5) is 5.69 Å². The van der Waals surface area contributed by atoms with E-state index in [2.05, 4.69) is 11.2 Å². The number of esters is 1. The summed E-state index contributed by atoms with van der Waals surface area (Å²) in [6.07, 6.45) is 6.60. The van der Waals surface area contributed by atoms with Gasteiger partial charge in [0, 0.05) is 5.69 Å². The van der Waals surface area contributed by atoms with Crippen molar-refractivity contribution < 1.29 is 19.1 Å². The molecule has 0 saturated heterocycles. The van der Waals surface area contributed by atoms with Crippen molar-refractivity contribution in [1.29, 1.82) is 5.26 Å². The maximum atomic E-state index is 12.3. The number of carbonyl (C=O) groups excluding carboxylic acids is 2. The molecule has 0 radical (unpaired) electrons. The first-order valence-electron chi connectivity index (χ1n) is 8.44. The largest absolute Gasteiger partial charge is 0.481 e. The third-order valence-corrected chi connectivity index (χ3v) is 3.53. The molecule has 2 aromatic carbocycles. The van der Waals surface area contributed by atoms with Crippen LogP contribution in [0.1, 0.15) is 22.8 Å². The Morgan fingerprint density at radius 1 is 1.14 bits per heavy atom. The molecule has 0 saturated carbocycles. The van der Waals surface area contributed by atoms with Gasteiger partial charge in [0.15, 0.2) is 0 Å². The molecule has 0 atom stereocenters. The number of nitrogens with zero attached hydrogens (tertiary/aromatic N) is 1. The highest BCUT2D eigenvalue weighted by Gasteiger charge is 2.11. The third kappa shape index (κ3) is 5.76. The van der Waals surface area contributed by atoms with Gasteiger partial charge < -0.3 is 14.8 Å². The van der Waals surface area contributed by atoms with Crippen molar-refractivity contribution in [2.45, 2.75) is 6.92 Å². The second kappa shape index (κ2) is 10.2. The van der Waals surface area contributed by atoms with E-state index < -0.39 is 11.9 Å². The Bertz CT molecular complexity index is 946. The Morgan fingerprint density at radius 2 is 1.82 bits per heavy atom. The minimum atomic E-state index is -0.556. The molecule has 0 aliphatic rings. The first-order valence-corrected chi connectivity index (χ1v) is 8.44. The smallest absolute Gasteiger partial charge is 0.338 e. The zero-order chi connectivity index (χ0) is 20.4. The molecule has 2 rings (SSSR count). The van der Waals surface area contributed by atoms with Crippen LogP contribution < -0.4 is 10.1 Å². The van der Waals surface area contributed by atoms with Gasteiger partial charge in [-0.15, -0.1) is 6.42 Å². The molecule has 0 heterocycles. The van der Waals surface area contributed by atoms with Crippen LogP contribution in [0.25, 0.3) is 6.08 Å². The lowest BCUT2D eigenvalue weighted by Crippen LogP contribution is -2.13. The maximum Gasteiger partial charge on any atom is 0.338 e. The summed E-state index contributed by atoms with van der Waals surface area (Å²) in [4.78, 5) is 24.0. The van der Waals surface area contributed by atoms with Gasteiger partial charge in [-0.05, 0) is 55.0 Å². The third-order valence-electron chi connectivity index (χ3n) is 3.53. The topological polar surface area (TPSA) is 88.4 Å². The highest BCUT2D eigenvalue weighted by atomic mass is 16.5. The Hall–Kier alpha value is -4.03. The molecule has 0 bridgehead atoms. The van der Waals surface area contributed by atoms with Gasteiger partial charge in [0.1, 0.15) is 24.0 Å². The molecule has 0 spiro atoms. The minimum absolute atomic E-state index is 0.0632. The number of ether oxygens (including phenoxy) is 2. The molecule has 1 N–H and O–H groups in total. The highest BCUT2D eigenvalue weighted by Crippen LogP contribution is 2.16. The highest BCUT2D eigenvalue weighted by molar-refractivity contribution is 6.09. The van der Waals surface area contributed by atoms with Gasteiger partial charge in [0.2, 0.25) is 0 Å². The van der Waals surface area contributed by atoms with Crippen LogP contribution in [0.15, 0.2) is 54.1 Å². The first-order chi connectivity index (χ1) is 13.6. The summed E-state index contributed by atoms with van der Waals surface area (Å²) >= 11 is 0. The molecule has 6 nitrogen and oxygen atoms in total. The number of nitrogens with one attached hydrogen (secondary N) is 1. The Kier molecular flexibility index (Phi) is 7.39. The molecule has 140 valence electrons. The molecule has 0 aliphatic carbocycles. The van der Waals surface area contributed by atoms with Gasteiger partial charge in [-0.25, -0.2) is 4.79 Å². The zero-order valence-corrected chi connectivity index (χ0v) is 15.3. The number of rotatable bonds is 7. The molecule has 0 fully saturated rings. The summed E-state index contributed by atoms with van der Waals surface area (Å²) in [6, 6.07) is 14.9. The number of amides is 1. The van der Waals surface area contributed by atoms with Crippen LogP contribution in [0.5, 0.6) is 5.75 Å². The average Bonchev–Trinajstić information content (AvgIpc) is 2.72. The predicted molar refractivity (Wildman–Crippen MR) is 105 cm³/mol. The minimum Gasteiger partial charge on any atom is -0.481 e. The van der Waals surface area contributed by atoms with E-state index in [9.17, 15) is 14.9 Å². The average molecular weight is 374 g/mol. The van der Waals surface area contributed by atoms with Gasteiger partial charge in [-0.1, -0.05) is 18.1 Å².